The maximum Gasteiger partial charge on any atom is 0.366 e. The van der Waals surface area contributed by atoms with Gasteiger partial charge in [-0.15, -0.1) is 15.3 Å². The molecule has 0 bridgehead atoms. The second-order valence-corrected chi connectivity index (χ2v) is 6.37. The van der Waals surface area contributed by atoms with Crippen LogP contribution in [-0.2, 0) is 0 Å². The van der Waals surface area contributed by atoms with Gasteiger partial charge in [0, 0.05) is 17.8 Å². The van der Waals surface area contributed by atoms with E-state index in [1.54, 1.807) is 19.2 Å². The Labute approximate surface area is 161 Å². The normalized spacial score (nSPS) is 11.9. The van der Waals surface area contributed by atoms with Crippen molar-refractivity contribution in [3.8, 4) is 11.5 Å². The number of aryl methyl sites for hydroxylation is 1. The molecule has 4 aromatic rings. The third-order valence-electron chi connectivity index (χ3n) is 3.70. The second kappa shape index (κ2) is 7.08. The van der Waals surface area contributed by atoms with Crippen molar-refractivity contribution >= 4 is 45.0 Å². The Kier molecular flexibility index (Phi) is 4.45. The van der Waals surface area contributed by atoms with Crippen LogP contribution in [0.5, 0.6) is 11.5 Å². The molecular formula is C16H12N8O3S. The number of aromatic hydroxyl groups is 2. The first-order valence-corrected chi connectivity index (χ1v) is 8.70. The van der Waals surface area contributed by atoms with Gasteiger partial charge >= 0.3 is 6.01 Å². The number of phenolic OH excluding ortho intramolecular Hbond substituents is 2. The summed E-state index contributed by atoms with van der Waals surface area (Å²) in [5, 5.41) is 40.4. The summed E-state index contributed by atoms with van der Waals surface area (Å²) in [6, 6.07) is 4.87. The van der Waals surface area contributed by atoms with Crippen LogP contribution in [0.2, 0.25) is 0 Å². The van der Waals surface area contributed by atoms with Gasteiger partial charge in [0.15, 0.2) is 10.8 Å². The van der Waals surface area contributed by atoms with Crippen molar-refractivity contribution in [2.45, 2.75) is 13.8 Å². The first kappa shape index (κ1) is 17.6. The van der Waals surface area contributed by atoms with Crippen molar-refractivity contribution in [1.82, 2.24) is 19.5 Å². The van der Waals surface area contributed by atoms with Gasteiger partial charge in [0.1, 0.15) is 33.9 Å². The SMILES string of the molecule is Cc1noc(/N=N/c2cc(/N=N/c3snc4cccnc34)c(O)c(C)c2O)n1. The van der Waals surface area contributed by atoms with Crippen LogP contribution in [0.4, 0.5) is 22.4 Å². The van der Waals surface area contributed by atoms with E-state index in [4.69, 9.17) is 4.52 Å². The number of pyridine rings is 1. The molecule has 3 aromatic heterocycles. The van der Waals surface area contributed by atoms with E-state index >= 15 is 0 Å². The van der Waals surface area contributed by atoms with Crippen LogP contribution in [0.3, 0.4) is 0 Å². The number of azo groups is 2. The maximum atomic E-state index is 10.3. The zero-order chi connectivity index (χ0) is 19.7. The minimum Gasteiger partial charge on any atom is -0.505 e. The minimum absolute atomic E-state index is 0.0620. The minimum atomic E-state index is -0.249. The van der Waals surface area contributed by atoms with Crippen molar-refractivity contribution in [3.05, 3.63) is 35.8 Å². The van der Waals surface area contributed by atoms with Crippen molar-refractivity contribution in [3.63, 3.8) is 0 Å². The van der Waals surface area contributed by atoms with Crippen molar-refractivity contribution in [1.29, 1.82) is 0 Å². The summed E-state index contributed by atoms with van der Waals surface area (Å²) in [4.78, 5) is 8.12. The lowest BCUT2D eigenvalue weighted by Gasteiger charge is -2.06. The first-order valence-electron chi connectivity index (χ1n) is 7.92. The van der Waals surface area contributed by atoms with Crippen molar-refractivity contribution in [2.75, 3.05) is 0 Å². The second-order valence-electron chi connectivity index (χ2n) is 5.62. The molecule has 0 aliphatic heterocycles. The van der Waals surface area contributed by atoms with Gasteiger partial charge in [0.25, 0.3) is 0 Å². The van der Waals surface area contributed by atoms with Gasteiger partial charge in [-0.2, -0.15) is 9.36 Å². The van der Waals surface area contributed by atoms with E-state index in [0.717, 1.165) is 11.5 Å². The van der Waals surface area contributed by atoms with E-state index in [1.165, 1.54) is 13.0 Å². The molecule has 28 heavy (non-hydrogen) atoms. The Balaban J connectivity index is 1.70. The van der Waals surface area contributed by atoms with E-state index in [2.05, 4.69) is 40.0 Å². The van der Waals surface area contributed by atoms with Gasteiger partial charge in [-0.05, 0) is 37.5 Å². The quantitative estimate of drug-likeness (QED) is 0.463. The molecule has 0 aliphatic rings. The molecule has 0 radical (unpaired) electrons. The predicted octanol–water partition coefficient (Wildman–Crippen LogP) is 4.93. The average molecular weight is 396 g/mol. The summed E-state index contributed by atoms with van der Waals surface area (Å²) in [6.45, 7) is 3.16. The largest absolute Gasteiger partial charge is 0.505 e. The summed E-state index contributed by atoms with van der Waals surface area (Å²) < 4.78 is 9.07. The molecule has 1 aromatic carbocycles. The first-order chi connectivity index (χ1) is 13.5. The van der Waals surface area contributed by atoms with Gasteiger partial charge in [-0.1, -0.05) is 10.3 Å². The Morgan fingerprint density at radius 3 is 2.50 bits per heavy atom. The maximum absolute atomic E-state index is 10.3. The summed E-state index contributed by atoms with van der Waals surface area (Å²) in [7, 11) is 0. The summed E-state index contributed by atoms with van der Waals surface area (Å²) >= 11 is 1.14. The van der Waals surface area contributed by atoms with E-state index in [0.29, 0.717) is 21.9 Å². The third-order valence-corrected chi connectivity index (χ3v) is 4.43. The topological polar surface area (TPSA) is 155 Å². The van der Waals surface area contributed by atoms with Crippen LogP contribution in [-0.4, -0.2) is 29.7 Å². The number of hydrogen-bond donors (Lipinski definition) is 2. The molecule has 4 rings (SSSR count). The predicted molar refractivity (Wildman–Crippen MR) is 99.3 cm³/mol. The van der Waals surface area contributed by atoms with Crippen LogP contribution < -0.4 is 0 Å². The highest BCUT2D eigenvalue weighted by molar-refractivity contribution is 7.11. The lowest BCUT2D eigenvalue weighted by atomic mass is 10.1. The Bertz CT molecular complexity index is 1230. The number of aromatic nitrogens is 4. The molecule has 2 N–H and O–H groups in total. The molecule has 0 saturated carbocycles. The number of rotatable bonds is 4. The summed E-state index contributed by atoms with van der Waals surface area (Å²) in [5.41, 5.74) is 1.66. The van der Waals surface area contributed by atoms with E-state index in [1.807, 2.05) is 6.07 Å². The molecule has 140 valence electrons. The summed E-state index contributed by atoms with van der Waals surface area (Å²) in [6.07, 6.45) is 1.63. The van der Waals surface area contributed by atoms with Gasteiger partial charge in [-0.3, -0.25) is 4.98 Å². The Hall–Kier alpha value is -3.80. The van der Waals surface area contributed by atoms with Crippen LogP contribution in [0.15, 0.2) is 49.4 Å². The molecule has 0 spiro atoms. The highest BCUT2D eigenvalue weighted by Crippen LogP contribution is 2.44. The fourth-order valence-electron chi connectivity index (χ4n) is 2.27. The standard InChI is InChI=1S/C16H12N8O3S/c1-7-13(25)10(19-21-15-12-9(24-28-15)4-3-5-17-12)6-11(14(7)26)20-22-16-18-8(2)23-27-16/h3-6,25-26H,1-2H3/b21-19+,22-20+. The molecule has 0 unspecified atom stereocenters. The zero-order valence-electron chi connectivity index (χ0n) is 14.6. The van der Waals surface area contributed by atoms with E-state index < -0.39 is 0 Å². The third kappa shape index (κ3) is 3.27. The number of fused-ring (bicyclic) bond motifs is 1. The van der Waals surface area contributed by atoms with Gasteiger partial charge in [-0.25, -0.2) is 0 Å². The number of hydrogen-bond acceptors (Lipinski definition) is 12. The Morgan fingerprint density at radius 1 is 1.04 bits per heavy atom. The van der Waals surface area contributed by atoms with Crippen molar-refractivity contribution < 1.29 is 14.7 Å². The summed E-state index contributed by atoms with van der Waals surface area (Å²) in [5.74, 6) is -0.0723. The molecule has 0 aliphatic carbocycles. The molecule has 11 nitrogen and oxygen atoms in total. The number of nitrogens with zero attached hydrogens (tertiary/aromatic N) is 8. The smallest absolute Gasteiger partial charge is 0.366 e. The molecular weight excluding hydrogens is 384 g/mol. The highest BCUT2D eigenvalue weighted by atomic mass is 32.1. The lowest BCUT2D eigenvalue weighted by Crippen LogP contribution is -1.79. The average Bonchev–Trinajstić information content (AvgIpc) is 3.31. The molecule has 12 heteroatoms. The number of benzene rings is 1. The molecule has 0 saturated heterocycles. The van der Waals surface area contributed by atoms with Crippen LogP contribution >= 0.6 is 11.5 Å². The van der Waals surface area contributed by atoms with E-state index in [9.17, 15) is 10.2 Å². The molecule has 0 fully saturated rings. The van der Waals surface area contributed by atoms with E-state index in [-0.39, 0.29) is 34.5 Å². The lowest BCUT2D eigenvalue weighted by molar-refractivity contribution is 0.420. The Morgan fingerprint density at radius 2 is 1.79 bits per heavy atom. The molecule has 0 amide bonds. The fraction of sp³-hybridized carbons (Fsp3) is 0.125. The highest BCUT2D eigenvalue weighted by Gasteiger charge is 2.15. The molecule has 3 heterocycles. The fourth-order valence-corrected chi connectivity index (χ4v) is 2.93. The van der Waals surface area contributed by atoms with Gasteiger partial charge < -0.3 is 14.7 Å². The molecule has 0 atom stereocenters. The monoisotopic (exact) mass is 396 g/mol. The van der Waals surface area contributed by atoms with Crippen LogP contribution in [0.1, 0.15) is 11.4 Å². The van der Waals surface area contributed by atoms with Crippen molar-refractivity contribution in [2.24, 2.45) is 20.5 Å². The van der Waals surface area contributed by atoms with Gasteiger partial charge in [0.2, 0.25) is 0 Å². The zero-order valence-corrected chi connectivity index (χ0v) is 15.4. The number of phenols is 2. The van der Waals surface area contributed by atoms with Gasteiger partial charge in [0.05, 0.1) is 0 Å². The van der Waals surface area contributed by atoms with Crippen LogP contribution in [0, 0.1) is 13.8 Å². The van der Waals surface area contributed by atoms with Crippen LogP contribution in [0.25, 0.3) is 11.0 Å².